The number of hydrogen-bond donors (Lipinski definition) is 6. The Kier molecular flexibility index (Phi) is 17.1. The van der Waals surface area contributed by atoms with Gasteiger partial charge >= 0.3 is 64.8 Å². The summed E-state index contributed by atoms with van der Waals surface area (Å²) in [5.41, 5.74) is -0.475. The maximum atomic E-state index is 12.4. The van der Waals surface area contributed by atoms with Crippen molar-refractivity contribution < 1.29 is 131 Å². The van der Waals surface area contributed by atoms with E-state index in [1.807, 2.05) is 4.98 Å². The standard InChI is InChI=1S/C24H32N2O17P2S.2Na/c1-11(27)13-4-2-12(3-5-13)9-46-10-15-18(30)19(31)21(33)23(41-15)42-45(37,38)43-44(35,36)39-8-14-17(29)20(32)22(40-14)26-7-6-16(28)25-24(26)34;;/h2-7,14-15,17-23,29-33H,8-10H2,1H3,(H,35,36)(H,37,38)(H,25,28,34);;/q;2*+1/p-2/t14-,15-,17+,18+,19+,20?,21-,22-,23?;;/m1../s1. The SMILES string of the molecule is CC(=O)c1ccc(CSC[C@H]2OC(OP(=O)([O-])OP(=O)([O-])OC[C@H]3O[C@@H](n4ccc(=O)[nH]c4=O)C(O)[C@H]3O)[C@H](O)[C@@H](O)[C@H]2O)cc1.[Na+].[Na+]. The molecule has 0 saturated carbocycles. The molecule has 2 fully saturated rings. The van der Waals surface area contributed by atoms with Crippen molar-refractivity contribution in [3.05, 3.63) is 68.5 Å². The van der Waals surface area contributed by atoms with Crippen LogP contribution >= 0.6 is 27.4 Å². The molecule has 4 unspecified atom stereocenters. The van der Waals surface area contributed by atoms with Crippen LogP contribution in [0.25, 0.3) is 0 Å². The largest absolute Gasteiger partial charge is 1.00 e. The average molecular weight is 758 g/mol. The zero-order valence-electron chi connectivity index (χ0n) is 25.7. The molecule has 2 aromatic rings. The molecule has 256 valence electrons. The second-order valence-electron chi connectivity index (χ2n) is 10.2. The van der Waals surface area contributed by atoms with Gasteiger partial charge in [0.2, 0.25) is 0 Å². The van der Waals surface area contributed by atoms with Crippen LogP contribution in [0.15, 0.2) is 46.1 Å². The molecule has 2 aliphatic heterocycles. The predicted octanol–water partition coefficient (Wildman–Crippen LogP) is -8.91. The zero-order valence-corrected chi connectivity index (χ0v) is 32.3. The van der Waals surface area contributed by atoms with Gasteiger partial charge in [-0.05, 0) is 12.5 Å². The third kappa shape index (κ3) is 11.4. The van der Waals surface area contributed by atoms with Crippen molar-refractivity contribution in [1.29, 1.82) is 0 Å². The van der Waals surface area contributed by atoms with Crippen molar-refractivity contribution in [2.45, 2.75) is 67.9 Å². The molecule has 2 aliphatic rings. The molecule has 24 heteroatoms. The van der Waals surface area contributed by atoms with E-state index in [0.717, 1.165) is 17.8 Å². The van der Waals surface area contributed by atoms with Crippen LogP contribution in [0.4, 0.5) is 0 Å². The number of benzene rings is 1. The number of aliphatic hydroxyl groups is 5. The van der Waals surface area contributed by atoms with Crippen molar-refractivity contribution in [2.24, 2.45) is 0 Å². The van der Waals surface area contributed by atoms with E-state index in [1.165, 1.54) is 18.7 Å². The van der Waals surface area contributed by atoms with Crippen LogP contribution in [0.1, 0.15) is 29.1 Å². The summed E-state index contributed by atoms with van der Waals surface area (Å²) in [5.74, 6) is 0.191. The predicted molar refractivity (Wildman–Crippen MR) is 150 cm³/mol. The number of H-pyrrole nitrogens is 1. The number of thioether (sulfide) groups is 1. The van der Waals surface area contributed by atoms with Gasteiger partial charge in [-0.1, -0.05) is 24.3 Å². The van der Waals surface area contributed by atoms with Gasteiger partial charge < -0.3 is 49.3 Å². The molecule has 19 nitrogen and oxygen atoms in total. The van der Waals surface area contributed by atoms with Crippen LogP contribution in [0.5, 0.6) is 0 Å². The Labute approximate surface area is 320 Å². The van der Waals surface area contributed by atoms with Crippen LogP contribution in [-0.4, -0.2) is 102 Å². The van der Waals surface area contributed by atoms with E-state index in [9.17, 15) is 58.8 Å². The van der Waals surface area contributed by atoms with E-state index < -0.39 is 88.7 Å². The average Bonchev–Trinajstić information content (AvgIpc) is 3.25. The molecular weight excluding hydrogens is 728 g/mol. The molecule has 0 bridgehead atoms. The monoisotopic (exact) mass is 758 g/mol. The molecule has 0 radical (unpaired) electrons. The van der Waals surface area contributed by atoms with Gasteiger partial charge in [-0.3, -0.25) is 32.8 Å². The molecule has 1 aromatic heterocycles. The van der Waals surface area contributed by atoms with Gasteiger partial charge in [0.25, 0.3) is 21.2 Å². The van der Waals surface area contributed by atoms with Crippen molar-refractivity contribution in [2.75, 3.05) is 12.4 Å². The number of nitrogens with one attached hydrogen (secondary N) is 1. The van der Waals surface area contributed by atoms with Crippen molar-refractivity contribution in [3.63, 3.8) is 0 Å². The number of nitrogens with zero attached hydrogens (tertiary/aromatic N) is 1. The number of aromatic amines is 1. The third-order valence-corrected chi connectivity index (χ3v) is 10.5. The summed E-state index contributed by atoms with van der Waals surface area (Å²) in [6.07, 6.45) is -15.2. The van der Waals surface area contributed by atoms with E-state index in [4.69, 9.17) is 9.47 Å². The molecule has 4 rings (SSSR count). The van der Waals surface area contributed by atoms with E-state index in [1.54, 1.807) is 24.3 Å². The van der Waals surface area contributed by atoms with Crippen LogP contribution in [-0.2, 0) is 37.7 Å². The number of carbonyl (C=O) groups is 1. The van der Waals surface area contributed by atoms with Gasteiger partial charge in [0.15, 0.2) is 18.3 Å². The Balaban J connectivity index is 0.00000400. The van der Waals surface area contributed by atoms with Crippen molar-refractivity contribution >= 4 is 33.2 Å². The minimum atomic E-state index is -5.93. The van der Waals surface area contributed by atoms with Gasteiger partial charge in [-0.15, -0.1) is 0 Å². The molecule has 0 spiro atoms. The quantitative estimate of drug-likeness (QED) is 0.0628. The maximum Gasteiger partial charge on any atom is 1.00 e. The molecule has 2 saturated heterocycles. The first kappa shape index (κ1) is 44.1. The first-order chi connectivity index (χ1) is 21.5. The van der Waals surface area contributed by atoms with Gasteiger partial charge in [0, 0.05) is 29.3 Å². The minimum Gasteiger partial charge on any atom is -0.756 e. The summed E-state index contributed by atoms with van der Waals surface area (Å²) < 4.78 is 49.0. The van der Waals surface area contributed by atoms with Crippen LogP contribution in [0.3, 0.4) is 0 Å². The summed E-state index contributed by atoms with van der Waals surface area (Å²) in [6, 6.07) is 7.57. The van der Waals surface area contributed by atoms with Crippen molar-refractivity contribution in [3.8, 4) is 0 Å². The van der Waals surface area contributed by atoms with Crippen LogP contribution in [0.2, 0.25) is 0 Å². The Morgan fingerprint density at radius 1 is 0.917 bits per heavy atom. The summed E-state index contributed by atoms with van der Waals surface area (Å²) >= 11 is 1.19. The second-order valence-corrected chi connectivity index (χ2v) is 14.2. The molecule has 3 heterocycles. The van der Waals surface area contributed by atoms with E-state index in [2.05, 4.69) is 13.4 Å². The number of ether oxygens (including phenoxy) is 2. The Bertz CT molecular complexity index is 1600. The van der Waals surface area contributed by atoms with Gasteiger partial charge in [-0.25, -0.2) is 9.11 Å². The number of aromatic nitrogens is 2. The Morgan fingerprint density at radius 3 is 2.15 bits per heavy atom. The number of phosphoric acid groups is 2. The van der Waals surface area contributed by atoms with Gasteiger partial charge in [0.05, 0.1) is 12.7 Å². The number of hydrogen-bond acceptors (Lipinski definition) is 18. The third-order valence-electron chi connectivity index (χ3n) is 6.87. The topological polar surface area (TPSA) is 299 Å². The first-order valence-electron chi connectivity index (χ1n) is 13.3. The van der Waals surface area contributed by atoms with Gasteiger partial charge in [0.1, 0.15) is 36.6 Å². The number of aliphatic hydroxyl groups excluding tert-OH is 5. The van der Waals surface area contributed by atoms with Crippen LogP contribution in [0, 0.1) is 0 Å². The van der Waals surface area contributed by atoms with E-state index in [-0.39, 0.29) is 70.7 Å². The number of Topliss-reactive ketones (excluding diaryl/α,β-unsaturated/α-hetero) is 1. The summed E-state index contributed by atoms with van der Waals surface area (Å²) in [6.45, 7) is 0.303. The van der Waals surface area contributed by atoms with Crippen molar-refractivity contribution in [1.82, 2.24) is 9.55 Å². The normalized spacial score (nSPS) is 31.1. The maximum absolute atomic E-state index is 12.4. The second kappa shape index (κ2) is 18.6. The molecule has 48 heavy (non-hydrogen) atoms. The number of carbonyl (C=O) groups excluding carboxylic acids is 1. The summed E-state index contributed by atoms with van der Waals surface area (Å²) in [7, 11) is -11.8. The number of phosphoric ester groups is 2. The molecule has 11 atom stereocenters. The molecule has 0 amide bonds. The Hall–Kier alpha value is -0.100. The fourth-order valence-electron chi connectivity index (χ4n) is 4.45. The Morgan fingerprint density at radius 2 is 1.54 bits per heavy atom. The summed E-state index contributed by atoms with van der Waals surface area (Å²) in [4.78, 5) is 61.3. The minimum absolute atomic E-state index is 0. The number of rotatable bonds is 13. The molecule has 6 N–H and O–H groups in total. The molecule has 0 aliphatic carbocycles. The van der Waals surface area contributed by atoms with E-state index in [0.29, 0.717) is 15.9 Å². The number of ketones is 1. The molecule has 1 aromatic carbocycles. The van der Waals surface area contributed by atoms with Gasteiger partial charge in [-0.2, -0.15) is 11.8 Å². The molecular formula is C24H30N2Na2O17P2S. The fraction of sp³-hybridized carbons (Fsp3) is 0.542. The summed E-state index contributed by atoms with van der Waals surface area (Å²) in [5, 5.41) is 51.2. The van der Waals surface area contributed by atoms with Crippen LogP contribution < -0.4 is 80.2 Å². The smallest absolute Gasteiger partial charge is 0.756 e. The fourth-order valence-corrected chi connectivity index (χ4v) is 7.59. The zero-order chi connectivity index (χ0) is 34.0. The van der Waals surface area contributed by atoms with E-state index >= 15 is 0 Å². The first-order valence-corrected chi connectivity index (χ1v) is 17.4.